The van der Waals surface area contributed by atoms with Crippen molar-refractivity contribution >= 4 is 23.5 Å². The number of likely N-dealkylation sites (tertiary alicyclic amines) is 1. The molecule has 1 saturated heterocycles. The summed E-state index contributed by atoms with van der Waals surface area (Å²) in [5.41, 5.74) is 0.975. The van der Waals surface area contributed by atoms with Crippen molar-refractivity contribution in [1.29, 1.82) is 0 Å². The van der Waals surface area contributed by atoms with Crippen LogP contribution in [0, 0.1) is 0 Å². The predicted molar refractivity (Wildman–Crippen MR) is 84.9 cm³/mol. The van der Waals surface area contributed by atoms with E-state index in [0.29, 0.717) is 18.0 Å². The first-order valence-corrected chi connectivity index (χ1v) is 7.79. The highest BCUT2D eigenvalue weighted by Crippen LogP contribution is 2.20. The Kier molecular flexibility index (Phi) is 4.34. The van der Waals surface area contributed by atoms with Crippen LogP contribution in [-0.2, 0) is 4.79 Å². The van der Waals surface area contributed by atoms with Crippen LogP contribution in [0.15, 0.2) is 36.5 Å². The molecule has 0 bridgehead atoms. The van der Waals surface area contributed by atoms with Crippen molar-refractivity contribution in [3.8, 4) is 5.69 Å². The molecule has 1 fully saturated rings. The second kappa shape index (κ2) is 6.42. The zero-order chi connectivity index (χ0) is 16.4. The number of carboxylic acids is 1. The van der Waals surface area contributed by atoms with Gasteiger partial charge in [-0.15, -0.1) is 0 Å². The van der Waals surface area contributed by atoms with E-state index < -0.39 is 12.0 Å². The Morgan fingerprint density at radius 3 is 2.83 bits per heavy atom. The van der Waals surface area contributed by atoms with Crippen molar-refractivity contribution in [3.05, 3.63) is 47.2 Å². The van der Waals surface area contributed by atoms with E-state index in [9.17, 15) is 14.7 Å². The number of amides is 1. The van der Waals surface area contributed by atoms with Gasteiger partial charge in [-0.1, -0.05) is 17.7 Å². The molecule has 3 rings (SSSR count). The normalized spacial score (nSPS) is 18.0. The number of hydrogen-bond acceptors (Lipinski definition) is 3. The van der Waals surface area contributed by atoms with Crippen molar-refractivity contribution in [2.45, 2.75) is 25.3 Å². The molecule has 1 aliphatic heterocycles. The fourth-order valence-corrected chi connectivity index (χ4v) is 2.96. The number of nitrogens with zero attached hydrogens (tertiary/aromatic N) is 3. The average Bonchev–Trinajstić information content (AvgIpc) is 3.04. The van der Waals surface area contributed by atoms with Gasteiger partial charge < -0.3 is 10.0 Å². The number of benzene rings is 1. The van der Waals surface area contributed by atoms with Gasteiger partial charge in [-0.3, -0.25) is 4.79 Å². The largest absolute Gasteiger partial charge is 0.480 e. The van der Waals surface area contributed by atoms with Crippen LogP contribution in [0.1, 0.15) is 29.8 Å². The minimum absolute atomic E-state index is 0.234. The molecule has 0 spiro atoms. The number of piperidine rings is 1. The number of halogens is 1. The number of aliphatic carboxylic acids is 1. The molecule has 120 valence electrons. The van der Waals surface area contributed by atoms with Crippen LogP contribution in [0.5, 0.6) is 0 Å². The lowest BCUT2D eigenvalue weighted by atomic mass is 10.0. The van der Waals surface area contributed by atoms with Crippen LogP contribution >= 0.6 is 11.6 Å². The third-order valence-corrected chi connectivity index (χ3v) is 4.16. The van der Waals surface area contributed by atoms with E-state index in [4.69, 9.17) is 11.6 Å². The summed E-state index contributed by atoms with van der Waals surface area (Å²) in [5, 5.41) is 14.1. The fraction of sp³-hybridized carbons (Fsp3) is 0.312. The third-order valence-electron chi connectivity index (χ3n) is 3.93. The molecule has 7 heteroatoms. The SMILES string of the molecule is O=C(O)[C@H]1CCCCN1C(=O)c1ccn(-c2cccc(Cl)c2)n1. The molecule has 2 heterocycles. The Bertz CT molecular complexity index is 744. The molecule has 1 amide bonds. The minimum atomic E-state index is -0.965. The van der Waals surface area contributed by atoms with Gasteiger partial charge in [-0.2, -0.15) is 5.10 Å². The van der Waals surface area contributed by atoms with Gasteiger partial charge in [0.2, 0.25) is 0 Å². The number of carbonyl (C=O) groups is 2. The molecule has 0 unspecified atom stereocenters. The van der Waals surface area contributed by atoms with E-state index in [2.05, 4.69) is 5.10 Å². The highest BCUT2D eigenvalue weighted by Gasteiger charge is 2.33. The minimum Gasteiger partial charge on any atom is -0.480 e. The monoisotopic (exact) mass is 333 g/mol. The molecule has 2 aromatic rings. The lowest BCUT2D eigenvalue weighted by Gasteiger charge is -2.32. The number of aromatic nitrogens is 2. The maximum Gasteiger partial charge on any atom is 0.326 e. The van der Waals surface area contributed by atoms with E-state index in [1.54, 1.807) is 35.1 Å². The molecule has 1 N–H and O–H groups in total. The van der Waals surface area contributed by atoms with Gasteiger partial charge in [0, 0.05) is 17.8 Å². The second-order valence-electron chi connectivity index (χ2n) is 5.47. The first-order chi connectivity index (χ1) is 11.1. The van der Waals surface area contributed by atoms with Crippen molar-refractivity contribution in [3.63, 3.8) is 0 Å². The molecule has 0 radical (unpaired) electrons. The molecule has 6 nitrogen and oxygen atoms in total. The summed E-state index contributed by atoms with van der Waals surface area (Å²) < 4.78 is 1.55. The summed E-state index contributed by atoms with van der Waals surface area (Å²) >= 11 is 5.96. The topological polar surface area (TPSA) is 75.4 Å². The van der Waals surface area contributed by atoms with Crippen LogP contribution in [0.4, 0.5) is 0 Å². The quantitative estimate of drug-likeness (QED) is 0.936. The Morgan fingerprint density at radius 2 is 2.09 bits per heavy atom. The number of carboxylic acid groups (broad SMARTS) is 1. The summed E-state index contributed by atoms with van der Waals surface area (Å²) in [4.78, 5) is 25.3. The van der Waals surface area contributed by atoms with Gasteiger partial charge in [0.1, 0.15) is 6.04 Å². The summed E-state index contributed by atoms with van der Waals surface area (Å²) in [7, 11) is 0. The highest BCUT2D eigenvalue weighted by molar-refractivity contribution is 6.30. The molecular formula is C16H16ClN3O3. The summed E-state index contributed by atoms with van der Waals surface area (Å²) in [6.45, 7) is 0.444. The average molecular weight is 334 g/mol. The van der Waals surface area contributed by atoms with Gasteiger partial charge in [-0.25, -0.2) is 9.48 Å². The van der Waals surface area contributed by atoms with Gasteiger partial charge in [-0.05, 0) is 43.5 Å². The zero-order valence-electron chi connectivity index (χ0n) is 12.4. The molecule has 1 aromatic heterocycles. The molecule has 0 aliphatic carbocycles. The van der Waals surface area contributed by atoms with Gasteiger partial charge in [0.15, 0.2) is 5.69 Å². The first-order valence-electron chi connectivity index (χ1n) is 7.41. The number of carbonyl (C=O) groups excluding carboxylic acids is 1. The predicted octanol–water partition coefficient (Wildman–Crippen LogP) is 2.61. The Hall–Kier alpha value is -2.34. The maximum atomic E-state index is 12.6. The lowest BCUT2D eigenvalue weighted by Crippen LogP contribution is -2.48. The number of rotatable bonds is 3. The van der Waals surface area contributed by atoms with Crippen LogP contribution in [0.25, 0.3) is 5.69 Å². The highest BCUT2D eigenvalue weighted by atomic mass is 35.5. The molecule has 1 atom stereocenters. The van der Waals surface area contributed by atoms with Crippen molar-refractivity contribution in [2.24, 2.45) is 0 Å². The van der Waals surface area contributed by atoms with E-state index in [1.807, 2.05) is 6.07 Å². The number of hydrogen-bond donors (Lipinski definition) is 1. The molecule has 1 aliphatic rings. The molecule has 0 saturated carbocycles. The molecule has 1 aromatic carbocycles. The summed E-state index contributed by atoms with van der Waals surface area (Å²) in [6, 6.07) is 7.94. The van der Waals surface area contributed by atoms with Crippen molar-refractivity contribution in [1.82, 2.24) is 14.7 Å². The first kappa shape index (κ1) is 15.6. The lowest BCUT2D eigenvalue weighted by molar-refractivity contribution is -0.143. The van der Waals surface area contributed by atoms with Gasteiger partial charge in [0.05, 0.1) is 5.69 Å². The fourth-order valence-electron chi connectivity index (χ4n) is 2.78. The summed E-state index contributed by atoms with van der Waals surface area (Å²) in [6.07, 6.45) is 3.77. The van der Waals surface area contributed by atoms with Gasteiger partial charge in [0.25, 0.3) is 5.91 Å². The standard InChI is InChI=1S/C16H16ClN3O3/c17-11-4-3-5-12(10-11)20-9-7-13(18-20)15(21)19-8-2-1-6-14(19)16(22)23/h3-5,7,9-10,14H,1-2,6,8H2,(H,22,23)/t14-/m1/s1. The van der Waals surface area contributed by atoms with E-state index in [-0.39, 0.29) is 11.6 Å². The van der Waals surface area contributed by atoms with Crippen molar-refractivity contribution in [2.75, 3.05) is 6.54 Å². The Balaban J connectivity index is 1.84. The zero-order valence-corrected chi connectivity index (χ0v) is 13.1. The molecular weight excluding hydrogens is 318 g/mol. The van der Waals surface area contributed by atoms with Crippen LogP contribution < -0.4 is 0 Å². The van der Waals surface area contributed by atoms with E-state index in [0.717, 1.165) is 18.5 Å². The van der Waals surface area contributed by atoms with Crippen LogP contribution in [-0.4, -0.2) is 44.3 Å². The third kappa shape index (κ3) is 3.22. The van der Waals surface area contributed by atoms with E-state index in [1.165, 1.54) is 4.90 Å². The van der Waals surface area contributed by atoms with Crippen molar-refractivity contribution < 1.29 is 14.7 Å². The van der Waals surface area contributed by atoms with Crippen LogP contribution in [0.3, 0.4) is 0 Å². The van der Waals surface area contributed by atoms with E-state index >= 15 is 0 Å². The Morgan fingerprint density at radius 1 is 1.26 bits per heavy atom. The second-order valence-corrected chi connectivity index (χ2v) is 5.91. The maximum absolute atomic E-state index is 12.6. The summed E-state index contributed by atoms with van der Waals surface area (Å²) in [5.74, 6) is -1.31. The smallest absolute Gasteiger partial charge is 0.326 e. The molecule has 23 heavy (non-hydrogen) atoms. The van der Waals surface area contributed by atoms with Gasteiger partial charge >= 0.3 is 5.97 Å². The Labute approximate surface area is 138 Å². The van der Waals surface area contributed by atoms with Crippen LogP contribution in [0.2, 0.25) is 5.02 Å².